The van der Waals surface area contributed by atoms with Gasteiger partial charge in [0, 0.05) is 22.8 Å². The molecule has 1 N–H and O–H groups in total. The average Bonchev–Trinajstić information content (AvgIpc) is 2.98. The molecule has 1 aromatic carbocycles. The number of fused-ring (bicyclic) bond motifs is 1. The second-order valence-corrected chi connectivity index (χ2v) is 8.22. The first-order valence-electron chi connectivity index (χ1n) is 7.21. The molecular formula is C15H16F2N2O2S2. The van der Waals surface area contributed by atoms with E-state index in [0.717, 1.165) is 6.42 Å². The summed E-state index contributed by atoms with van der Waals surface area (Å²) in [6.45, 7) is 1.99. The van der Waals surface area contributed by atoms with E-state index in [1.807, 2.05) is 6.92 Å². The fraction of sp³-hybridized carbons (Fsp3) is 0.467. The zero-order chi connectivity index (χ0) is 16.6. The number of thioether (sulfide) groups is 2. The molecule has 2 fully saturated rings. The fourth-order valence-electron chi connectivity index (χ4n) is 2.96. The number of alkyl halides is 2. The first-order valence-corrected chi connectivity index (χ1v) is 9.07. The van der Waals surface area contributed by atoms with Crippen LogP contribution in [0, 0.1) is 0 Å². The Morgan fingerprint density at radius 2 is 2.13 bits per heavy atom. The molecule has 0 saturated carbocycles. The minimum atomic E-state index is -2.47. The third kappa shape index (κ3) is 3.33. The van der Waals surface area contributed by atoms with Crippen molar-refractivity contribution in [3.05, 3.63) is 24.3 Å². The summed E-state index contributed by atoms with van der Waals surface area (Å²) in [7, 11) is 0. The summed E-state index contributed by atoms with van der Waals surface area (Å²) in [6.07, 6.45) is 1.24. The van der Waals surface area contributed by atoms with E-state index >= 15 is 0 Å². The Labute approximate surface area is 141 Å². The summed E-state index contributed by atoms with van der Waals surface area (Å²) in [5.41, 5.74) is 0.541. The third-order valence-corrected chi connectivity index (χ3v) is 6.32. The molecule has 2 amide bonds. The van der Waals surface area contributed by atoms with Gasteiger partial charge in [-0.25, -0.2) is 0 Å². The Balaban J connectivity index is 1.66. The number of rotatable bonds is 4. The van der Waals surface area contributed by atoms with E-state index in [1.54, 1.807) is 40.9 Å². The van der Waals surface area contributed by atoms with Crippen LogP contribution in [0.4, 0.5) is 14.5 Å². The SMILES string of the molecule is C[C@]12CCC(=O)N1[C@@H](C(=O)Nc1ccc(SC(F)F)cc1)CS2. The van der Waals surface area contributed by atoms with Gasteiger partial charge in [-0.1, -0.05) is 11.8 Å². The van der Waals surface area contributed by atoms with Gasteiger partial charge in [0.05, 0.1) is 4.87 Å². The summed E-state index contributed by atoms with van der Waals surface area (Å²) in [5.74, 6) is -2.11. The van der Waals surface area contributed by atoms with Crippen LogP contribution in [-0.2, 0) is 9.59 Å². The number of anilines is 1. The number of amides is 2. The summed E-state index contributed by atoms with van der Waals surface area (Å²) in [4.78, 5) is 26.3. The minimum Gasteiger partial charge on any atom is -0.324 e. The van der Waals surface area contributed by atoms with Gasteiger partial charge in [0.15, 0.2) is 0 Å². The molecule has 1 aromatic rings. The Bertz CT molecular complexity index is 626. The van der Waals surface area contributed by atoms with Gasteiger partial charge in [-0.2, -0.15) is 8.78 Å². The second-order valence-electron chi connectivity index (χ2n) is 5.66. The number of nitrogens with zero attached hydrogens (tertiary/aromatic N) is 1. The number of nitrogens with one attached hydrogen (secondary N) is 1. The highest BCUT2D eigenvalue weighted by Gasteiger charge is 2.52. The second kappa shape index (κ2) is 6.32. The Morgan fingerprint density at radius 3 is 2.78 bits per heavy atom. The van der Waals surface area contributed by atoms with Crippen molar-refractivity contribution >= 4 is 41.0 Å². The summed E-state index contributed by atoms with van der Waals surface area (Å²) in [5, 5.41) is 2.77. The smallest absolute Gasteiger partial charge is 0.288 e. The average molecular weight is 358 g/mol. The van der Waals surface area contributed by atoms with Crippen molar-refractivity contribution in [1.29, 1.82) is 0 Å². The van der Waals surface area contributed by atoms with E-state index < -0.39 is 11.8 Å². The lowest BCUT2D eigenvalue weighted by atomic mass is 10.2. The molecule has 0 bridgehead atoms. The van der Waals surface area contributed by atoms with Crippen LogP contribution in [0.3, 0.4) is 0 Å². The molecule has 23 heavy (non-hydrogen) atoms. The van der Waals surface area contributed by atoms with Gasteiger partial charge in [0.1, 0.15) is 6.04 Å². The normalized spacial score (nSPS) is 26.7. The molecular weight excluding hydrogens is 342 g/mol. The Hall–Kier alpha value is -1.28. The molecule has 2 aliphatic heterocycles. The molecule has 124 valence electrons. The van der Waals surface area contributed by atoms with Crippen LogP contribution in [-0.4, -0.2) is 39.1 Å². The lowest BCUT2D eigenvalue weighted by molar-refractivity contribution is -0.135. The Kier molecular flexibility index (Phi) is 4.55. The Morgan fingerprint density at radius 1 is 1.43 bits per heavy atom. The number of benzene rings is 1. The van der Waals surface area contributed by atoms with Crippen molar-refractivity contribution in [2.24, 2.45) is 0 Å². The zero-order valence-electron chi connectivity index (χ0n) is 12.4. The van der Waals surface area contributed by atoms with Gasteiger partial charge in [0.2, 0.25) is 11.8 Å². The van der Waals surface area contributed by atoms with Crippen LogP contribution in [0.1, 0.15) is 19.8 Å². The van der Waals surface area contributed by atoms with Crippen LogP contribution >= 0.6 is 23.5 Å². The molecule has 2 aliphatic rings. The monoisotopic (exact) mass is 358 g/mol. The van der Waals surface area contributed by atoms with Gasteiger partial charge >= 0.3 is 0 Å². The van der Waals surface area contributed by atoms with Crippen molar-refractivity contribution < 1.29 is 18.4 Å². The molecule has 3 rings (SSSR count). The molecule has 4 nitrogen and oxygen atoms in total. The van der Waals surface area contributed by atoms with Gasteiger partial charge in [-0.15, -0.1) is 11.8 Å². The molecule has 0 spiro atoms. The zero-order valence-corrected chi connectivity index (χ0v) is 14.1. The molecule has 0 unspecified atom stereocenters. The predicted octanol–water partition coefficient (Wildman–Crippen LogP) is 3.39. The molecule has 2 atom stereocenters. The fourth-order valence-corrected chi connectivity index (χ4v) is 4.89. The van der Waals surface area contributed by atoms with Gasteiger partial charge in [-0.05, 0) is 37.6 Å². The van der Waals surface area contributed by atoms with Crippen molar-refractivity contribution in [2.75, 3.05) is 11.1 Å². The molecule has 8 heteroatoms. The van der Waals surface area contributed by atoms with E-state index in [9.17, 15) is 18.4 Å². The lowest BCUT2D eigenvalue weighted by Gasteiger charge is -2.29. The highest BCUT2D eigenvalue weighted by atomic mass is 32.2. The number of carbonyl (C=O) groups is 2. The first kappa shape index (κ1) is 16.6. The number of halogens is 2. The molecule has 2 saturated heterocycles. The van der Waals surface area contributed by atoms with Crippen LogP contribution in [0.2, 0.25) is 0 Å². The van der Waals surface area contributed by atoms with Crippen molar-refractivity contribution in [1.82, 2.24) is 4.90 Å². The standard InChI is InChI=1S/C15H16F2N2O2S2/c1-15-7-6-12(20)19(15)11(8-22-15)13(21)18-9-2-4-10(5-3-9)23-14(16)17/h2-5,11,14H,6-8H2,1H3,(H,18,21)/t11-,15+/m1/s1. The number of hydrogen-bond acceptors (Lipinski definition) is 4. The van der Waals surface area contributed by atoms with Crippen LogP contribution in [0.25, 0.3) is 0 Å². The topological polar surface area (TPSA) is 49.4 Å². The summed E-state index contributed by atoms with van der Waals surface area (Å²) >= 11 is 2.09. The van der Waals surface area contributed by atoms with Gasteiger partial charge in [0.25, 0.3) is 5.76 Å². The molecule has 0 aliphatic carbocycles. The molecule has 0 radical (unpaired) electrons. The van der Waals surface area contributed by atoms with Crippen LogP contribution in [0.5, 0.6) is 0 Å². The van der Waals surface area contributed by atoms with Gasteiger partial charge < -0.3 is 10.2 Å². The van der Waals surface area contributed by atoms with Gasteiger partial charge in [-0.3, -0.25) is 9.59 Å². The third-order valence-electron chi connectivity index (χ3n) is 4.09. The maximum Gasteiger partial charge on any atom is 0.288 e. The maximum atomic E-state index is 12.5. The predicted molar refractivity (Wildman–Crippen MR) is 87.7 cm³/mol. The van der Waals surface area contributed by atoms with Crippen molar-refractivity contribution in [2.45, 2.75) is 41.3 Å². The lowest BCUT2D eigenvalue weighted by Crippen LogP contribution is -2.48. The maximum absolute atomic E-state index is 12.5. The molecule has 0 aromatic heterocycles. The van der Waals surface area contributed by atoms with Crippen molar-refractivity contribution in [3.8, 4) is 0 Å². The first-order chi connectivity index (χ1) is 10.9. The van der Waals surface area contributed by atoms with E-state index in [1.165, 1.54) is 0 Å². The minimum absolute atomic E-state index is 0.0151. The van der Waals surface area contributed by atoms with E-state index in [2.05, 4.69) is 5.32 Å². The van der Waals surface area contributed by atoms with E-state index in [4.69, 9.17) is 0 Å². The molecule has 2 heterocycles. The summed E-state index contributed by atoms with van der Waals surface area (Å²) in [6, 6.07) is 5.79. The van der Waals surface area contributed by atoms with E-state index in [0.29, 0.717) is 34.5 Å². The van der Waals surface area contributed by atoms with Crippen LogP contribution in [0.15, 0.2) is 29.2 Å². The highest BCUT2D eigenvalue weighted by Crippen LogP contribution is 2.47. The quantitative estimate of drug-likeness (QED) is 0.838. The number of hydrogen-bond donors (Lipinski definition) is 1. The summed E-state index contributed by atoms with van der Waals surface area (Å²) < 4.78 is 24.6. The van der Waals surface area contributed by atoms with Crippen LogP contribution < -0.4 is 5.32 Å². The largest absolute Gasteiger partial charge is 0.324 e. The van der Waals surface area contributed by atoms with Crippen molar-refractivity contribution in [3.63, 3.8) is 0 Å². The number of carbonyl (C=O) groups excluding carboxylic acids is 2. The highest BCUT2D eigenvalue weighted by molar-refractivity contribution is 8.01. The van der Waals surface area contributed by atoms with E-state index in [-0.39, 0.29) is 16.7 Å².